The molecular formula is C15H18N2O2. The Labute approximate surface area is 113 Å². The second-order valence-corrected chi connectivity index (χ2v) is 4.92. The predicted octanol–water partition coefficient (Wildman–Crippen LogP) is 2.69. The molecule has 0 saturated heterocycles. The summed E-state index contributed by atoms with van der Waals surface area (Å²) >= 11 is 0. The fraction of sp³-hybridized carbons (Fsp3) is 0.333. The Morgan fingerprint density at radius 3 is 2.53 bits per heavy atom. The molecule has 0 unspecified atom stereocenters. The van der Waals surface area contributed by atoms with Gasteiger partial charge in [-0.15, -0.1) is 0 Å². The van der Waals surface area contributed by atoms with Crippen molar-refractivity contribution in [3.05, 3.63) is 48.0 Å². The van der Waals surface area contributed by atoms with Crippen LogP contribution in [-0.4, -0.2) is 21.9 Å². The standard InChI is InChI=1S/C15H18N2O2/c1-11(2)10-19-13-6-4-12(5-7-13)14(18)15-16-8-9-17(15)3/h4-9,11H,10H2,1-3H3. The quantitative estimate of drug-likeness (QED) is 0.774. The lowest BCUT2D eigenvalue weighted by atomic mass is 10.1. The summed E-state index contributed by atoms with van der Waals surface area (Å²) in [6.45, 7) is 4.87. The van der Waals surface area contributed by atoms with Gasteiger partial charge in [-0.2, -0.15) is 0 Å². The molecule has 0 bridgehead atoms. The molecule has 1 aromatic carbocycles. The summed E-state index contributed by atoms with van der Waals surface area (Å²) < 4.78 is 7.30. The molecule has 4 nitrogen and oxygen atoms in total. The first-order valence-electron chi connectivity index (χ1n) is 6.33. The summed E-state index contributed by atoms with van der Waals surface area (Å²) in [4.78, 5) is 16.2. The minimum atomic E-state index is -0.0806. The Morgan fingerprint density at radius 1 is 1.32 bits per heavy atom. The number of hydrogen-bond donors (Lipinski definition) is 0. The van der Waals surface area contributed by atoms with E-state index in [0.717, 1.165) is 5.75 Å². The first kappa shape index (κ1) is 13.3. The van der Waals surface area contributed by atoms with Crippen LogP contribution in [0.15, 0.2) is 36.7 Å². The molecular weight excluding hydrogens is 240 g/mol. The summed E-state index contributed by atoms with van der Waals surface area (Å²) in [5.41, 5.74) is 0.617. The minimum Gasteiger partial charge on any atom is -0.493 e. The molecule has 19 heavy (non-hydrogen) atoms. The lowest BCUT2D eigenvalue weighted by Crippen LogP contribution is -2.09. The summed E-state index contributed by atoms with van der Waals surface area (Å²) in [6.07, 6.45) is 3.38. The van der Waals surface area contributed by atoms with E-state index in [2.05, 4.69) is 18.8 Å². The molecule has 1 heterocycles. The van der Waals surface area contributed by atoms with E-state index in [1.165, 1.54) is 0 Å². The number of carbonyl (C=O) groups is 1. The van der Waals surface area contributed by atoms with Crippen LogP contribution >= 0.6 is 0 Å². The Hall–Kier alpha value is -2.10. The van der Waals surface area contributed by atoms with Crippen LogP contribution in [0.1, 0.15) is 30.0 Å². The van der Waals surface area contributed by atoms with Crippen LogP contribution in [0.5, 0.6) is 5.75 Å². The minimum absolute atomic E-state index is 0.0806. The summed E-state index contributed by atoms with van der Waals surface area (Å²) in [6, 6.07) is 7.18. The Kier molecular flexibility index (Phi) is 4.00. The SMILES string of the molecule is CC(C)COc1ccc(C(=O)c2nccn2C)cc1. The first-order chi connectivity index (χ1) is 9.08. The Balaban J connectivity index is 2.10. The second-order valence-electron chi connectivity index (χ2n) is 4.92. The van der Waals surface area contributed by atoms with Crippen molar-refractivity contribution in [1.82, 2.24) is 9.55 Å². The number of benzene rings is 1. The summed E-state index contributed by atoms with van der Waals surface area (Å²) in [7, 11) is 1.81. The van der Waals surface area contributed by atoms with Gasteiger partial charge in [-0.05, 0) is 30.2 Å². The Bertz CT molecular complexity index is 556. The van der Waals surface area contributed by atoms with Gasteiger partial charge in [0.05, 0.1) is 6.61 Å². The number of rotatable bonds is 5. The van der Waals surface area contributed by atoms with Gasteiger partial charge in [0.1, 0.15) is 5.75 Å². The van der Waals surface area contributed by atoms with Crippen molar-refractivity contribution in [2.75, 3.05) is 6.61 Å². The average Bonchev–Trinajstić information content (AvgIpc) is 2.82. The average molecular weight is 258 g/mol. The van der Waals surface area contributed by atoms with Crippen molar-refractivity contribution in [2.24, 2.45) is 13.0 Å². The van der Waals surface area contributed by atoms with Crippen LogP contribution in [0.25, 0.3) is 0 Å². The van der Waals surface area contributed by atoms with Crippen molar-refractivity contribution in [3.63, 3.8) is 0 Å². The van der Waals surface area contributed by atoms with E-state index in [4.69, 9.17) is 4.74 Å². The number of aryl methyl sites for hydroxylation is 1. The highest BCUT2D eigenvalue weighted by Gasteiger charge is 2.13. The largest absolute Gasteiger partial charge is 0.493 e. The van der Waals surface area contributed by atoms with Crippen molar-refractivity contribution in [2.45, 2.75) is 13.8 Å². The lowest BCUT2D eigenvalue weighted by Gasteiger charge is -2.09. The van der Waals surface area contributed by atoms with Gasteiger partial charge in [0.2, 0.25) is 5.78 Å². The van der Waals surface area contributed by atoms with Gasteiger partial charge in [0, 0.05) is 25.0 Å². The van der Waals surface area contributed by atoms with E-state index in [9.17, 15) is 4.79 Å². The van der Waals surface area contributed by atoms with E-state index in [1.54, 1.807) is 36.1 Å². The normalized spacial score (nSPS) is 10.7. The maximum Gasteiger partial charge on any atom is 0.228 e. The van der Waals surface area contributed by atoms with E-state index in [0.29, 0.717) is 23.9 Å². The molecule has 0 aliphatic heterocycles. The van der Waals surface area contributed by atoms with Crippen LogP contribution in [-0.2, 0) is 7.05 Å². The maximum atomic E-state index is 12.2. The van der Waals surface area contributed by atoms with E-state index in [1.807, 2.05) is 12.1 Å². The highest BCUT2D eigenvalue weighted by Crippen LogP contribution is 2.15. The molecule has 0 saturated carbocycles. The van der Waals surface area contributed by atoms with Gasteiger partial charge in [-0.1, -0.05) is 13.8 Å². The zero-order chi connectivity index (χ0) is 13.8. The van der Waals surface area contributed by atoms with Gasteiger partial charge in [0.15, 0.2) is 5.82 Å². The zero-order valence-electron chi connectivity index (χ0n) is 11.5. The number of imidazole rings is 1. The first-order valence-corrected chi connectivity index (χ1v) is 6.33. The van der Waals surface area contributed by atoms with Crippen molar-refractivity contribution >= 4 is 5.78 Å². The molecule has 0 fully saturated rings. The van der Waals surface area contributed by atoms with E-state index < -0.39 is 0 Å². The fourth-order valence-corrected chi connectivity index (χ4v) is 1.68. The predicted molar refractivity (Wildman–Crippen MR) is 73.4 cm³/mol. The highest BCUT2D eigenvalue weighted by atomic mass is 16.5. The number of ketones is 1. The number of hydrogen-bond acceptors (Lipinski definition) is 3. The molecule has 0 N–H and O–H groups in total. The van der Waals surface area contributed by atoms with E-state index >= 15 is 0 Å². The summed E-state index contributed by atoms with van der Waals surface area (Å²) in [5, 5.41) is 0. The fourth-order valence-electron chi connectivity index (χ4n) is 1.68. The molecule has 0 radical (unpaired) electrons. The van der Waals surface area contributed by atoms with Crippen LogP contribution in [0, 0.1) is 5.92 Å². The van der Waals surface area contributed by atoms with Gasteiger partial charge in [-0.3, -0.25) is 4.79 Å². The molecule has 1 aromatic heterocycles. The zero-order valence-corrected chi connectivity index (χ0v) is 11.5. The molecule has 0 amide bonds. The molecule has 2 rings (SSSR count). The third kappa shape index (κ3) is 3.22. The number of nitrogens with zero attached hydrogens (tertiary/aromatic N) is 2. The Morgan fingerprint density at radius 2 is 2.00 bits per heavy atom. The van der Waals surface area contributed by atoms with Gasteiger partial charge >= 0.3 is 0 Å². The highest BCUT2D eigenvalue weighted by molar-refractivity contribution is 6.06. The van der Waals surface area contributed by atoms with Crippen LogP contribution in [0.2, 0.25) is 0 Å². The molecule has 0 aliphatic carbocycles. The molecule has 100 valence electrons. The number of carbonyl (C=O) groups excluding carboxylic acids is 1. The van der Waals surface area contributed by atoms with Gasteiger partial charge < -0.3 is 9.30 Å². The lowest BCUT2D eigenvalue weighted by molar-refractivity contribution is 0.102. The second kappa shape index (κ2) is 5.69. The van der Waals surface area contributed by atoms with Crippen LogP contribution in [0.4, 0.5) is 0 Å². The topological polar surface area (TPSA) is 44.1 Å². The molecule has 0 spiro atoms. The van der Waals surface area contributed by atoms with Crippen molar-refractivity contribution in [3.8, 4) is 5.75 Å². The van der Waals surface area contributed by atoms with Gasteiger partial charge in [-0.25, -0.2) is 4.98 Å². The number of aromatic nitrogens is 2. The molecule has 0 atom stereocenters. The molecule has 2 aromatic rings. The van der Waals surface area contributed by atoms with Gasteiger partial charge in [0.25, 0.3) is 0 Å². The summed E-state index contributed by atoms with van der Waals surface area (Å²) in [5.74, 6) is 1.62. The third-order valence-corrected chi connectivity index (χ3v) is 2.72. The monoisotopic (exact) mass is 258 g/mol. The van der Waals surface area contributed by atoms with Crippen molar-refractivity contribution < 1.29 is 9.53 Å². The van der Waals surface area contributed by atoms with Crippen LogP contribution in [0.3, 0.4) is 0 Å². The third-order valence-electron chi connectivity index (χ3n) is 2.72. The smallest absolute Gasteiger partial charge is 0.228 e. The van der Waals surface area contributed by atoms with E-state index in [-0.39, 0.29) is 5.78 Å². The maximum absolute atomic E-state index is 12.2. The molecule has 0 aliphatic rings. The van der Waals surface area contributed by atoms with Crippen LogP contribution < -0.4 is 4.74 Å². The molecule has 4 heteroatoms. The van der Waals surface area contributed by atoms with Crippen molar-refractivity contribution in [1.29, 1.82) is 0 Å². The number of ether oxygens (including phenoxy) is 1.